The Morgan fingerprint density at radius 1 is 0.966 bits per heavy atom. The first kappa shape index (κ1) is 19.5. The Hall–Kier alpha value is -2.79. The predicted molar refractivity (Wildman–Crippen MR) is 116 cm³/mol. The zero-order valence-electron chi connectivity index (χ0n) is 16.2. The number of piperazine rings is 1. The zero-order chi connectivity index (χ0) is 20.2. The van der Waals surface area contributed by atoms with E-state index < -0.39 is 0 Å². The Bertz CT molecular complexity index is 914. The van der Waals surface area contributed by atoms with Gasteiger partial charge in [0.15, 0.2) is 0 Å². The molecule has 5 nitrogen and oxygen atoms in total. The third-order valence-corrected chi connectivity index (χ3v) is 5.61. The number of benzene rings is 2. The zero-order valence-corrected chi connectivity index (χ0v) is 16.9. The number of amides is 2. The summed E-state index contributed by atoms with van der Waals surface area (Å²) in [6.45, 7) is 2.84. The van der Waals surface area contributed by atoms with E-state index in [1.807, 2.05) is 41.3 Å². The smallest absolute Gasteiger partial charge is 0.251 e. The van der Waals surface area contributed by atoms with Gasteiger partial charge in [-0.2, -0.15) is 0 Å². The van der Waals surface area contributed by atoms with E-state index in [2.05, 4.69) is 10.2 Å². The Labute approximate surface area is 175 Å². The maximum atomic E-state index is 12.5. The van der Waals surface area contributed by atoms with Crippen LogP contribution < -0.4 is 10.2 Å². The van der Waals surface area contributed by atoms with E-state index in [9.17, 15) is 9.59 Å². The van der Waals surface area contributed by atoms with Crippen LogP contribution in [0.1, 0.15) is 28.8 Å². The topological polar surface area (TPSA) is 52.7 Å². The Morgan fingerprint density at radius 2 is 1.66 bits per heavy atom. The van der Waals surface area contributed by atoms with Crippen molar-refractivity contribution in [3.05, 3.63) is 70.8 Å². The minimum absolute atomic E-state index is 0.000591. The van der Waals surface area contributed by atoms with Crippen molar-refractivity contribution in [2.75, 3.05) is 31.1 Å². The van der Waals surface area contributed by atoms with Gasteiger partial charge >= 0.3 is 0 Å². The predicted octanol–water partition coefficient (Wildman–Crippen LogP) is 3.59. The third-order valence-electron chi connectivity index (χ3n) is 5.29. The summed E-state index contributed by atoms with van der Waals surface area (Å²) in [5.74, 6) is -0.0325. The van der Waals surface area contributed by atoms with Crippen LogP contribution in [0.3, 0.4) is 0 Å². The molecule has 1 saturated heterocycles. The second-order valence-electron chi connectivity index (χ2n) is 7.47. The molecule has 1 aliphatic heterocycles. The molecule has 0 spiro atoms. The molecule has 2 fully saturated rings. The SMILES string of the molecule is O=C(NC1CC1)c1ccc(/C=C/C(=O)N2CCN(c3ccccc3Cl)CC2)cc1. The lowest BCUT2D eigenvalue weighted by Gasteiger charge is -2.36. The molecule has 1 aliphatic carbocycles. The van der Waals surface area contributed by atoms with E-state index >= 15 is 0 Å². The molecule has 2 aliphatic rings. The van der Waals surface area contributed by atoms with Crippen molar-refractivity contribution < 1.29 is 9.59 Å². The van der Waals surface area contributed by atoms with Gasteiger partial charge in [0.2, 0.25) is 5.91 Å². The van der Waals surface area contributed by atoms with Crippen LogP contribution in [0.15, 0.2) is 54.6 Å². The standard InChI is InChI=1S/C23H24ClN3O2/c24-20-3-1-2-4-21(20)26-13-15-27(16-14-26)22(28)12-7-17-5-8-18(9-6-17)23(29)25-19-10-11-19/h1-9,12,19H,10-11,13-16H2,(H,25,29)/b12-7+. The van der Waals surface area contributed by atoms with Crippen LogP contribution in [0, 0.1) is 0 Å². The van der Waals surface area contributed by atoms with Gasteiger partial charge in [-0.1, -0.05) is 35.9 Å². The molecule has 1 heterocycles. The third kappa shape index (κ3) is 4.98. The summed E-state index contributed by atoms with van der Waals surface area (Å²) in [7, 11) is 0. The maximum Gasteiger partial charge on any atom is 0.251 e. The van der Waals surface area contributed by atoms with Crippen LogP contribution in [-0.2, 0) is 4.79 Å². The molecule has 0 unspecified atom stereocenters. The highest BCUT2D eigenvalue weighted by atomic mass is 35.5. The first-order chi connectivity index (χ1) is 14.1. The summed E-state index contributed by atoms with van der Waals surface area (Å²) >= 11 is 6.27. The van der Waals surface area contributed by atoms with Gasteiger partial charge in [0.05, 0.1) is 10.7 Å². The first-order valence-electron chi connectivity index (χ1n) is 9.97. The lowest BCUT2D eigenvalue weighted by atomic mass is 10.1. The lowest BCUT2D eigenvalue weighted by molar-refractivity contribution is -0.126. The highest BCUT2D eigenvalue weighted by Crippen LogP contribution is 2.26. The molecular weight excluding hydrogens is 386 g/mol. The number of nitrogens with zero attached hydrogens (tertiary/aromatic N) is 2. The van der Waals surface area contributed by atoms with Crippen molar-refractivity contribution >= 4 is 35.2 Å². The highest BCUT2D eigenvalue weighted by Gasteiger charge is 2.23. The molecule has 0 bridgehead atoms. The molecule has 2 aromatic carbocycles. The van der Waals surface area contributed by atoms with Gasteiger partial charge in [0.1, 0.15) is 0 Å². The number of rotatable bonds is 5. The molecule has 1 saturated carbocycles. The van der Waals surface area contributed by atoms with Crippen LogP contribution in [-0.4, -0.2) is 48.9 Å². The minimum atomic E-state index is -0.0319. The average molecular weight is 410 g/mol. The molecule has 0 radical (unpaired) electrons. The summed E-state index contributed by atoms with van der Waals surface area (Å²) in [5.41, 5.74) is 2.56. The van der Waals surface area contributed by atoms with Crippen molar-refractivity contribution in [3.63, 3.8) is 0 Å². The van der Waals surface area contributed by atoms with Crippen molar-refractivity contribution in [3.8, 4) is 0 Å². The number of halogens is 1. The molecule has 29 heavy (non-hydrogen) atoms. The Morgan fingerprint density at radius 3 is 2.31 bits per heavy atom. The summed E-state index contributed by atoms with van der Waals surface area (Å²) in [5, 5.41) is 3.71. The molecule has 2 aromatic rings. The normalized spacial score (nSPS) is 16.9. The first-order valence-corrected chi connectivity index (χ1v) is 10.4. The van der Waals surface area contributed by atoms with Gasteiger partial charge in [-0.25, -0.2) is 0 Å². The number of hydrogen-bond acceptors (Lipinski definition) is 3. The van der Waals surface area contributed by atoms with E-state index in [1.54, 1.807) is 24.3 Å². The second-order valence-corrected chi connectivity index (χ2v) is 7.87. The number of para-hydroxylation sites is 1. The minimum Gasteiger partial charge on any atom is -0.367 e. The summed E-state index contributed by atoms with van der Waals surface area (Å²) in [6.07, 6.45) is 5.54. The molecular formula is C23H24ClN3O2. The fourth-order valence-electron chi connectivity index (χ4n) is 3.39. The van der Waals surface area contributed by atoms with Gasteiger partial charge in [-0.05, 0) is 48.7 Å². The number of carbonyl (C=O) groups excluding carboxylic acids is 2. The average Bonchev–Trinajstić information content (AvgIpc) is 3.57. The number of nitrogens with one attached hydrogen (secondary N) is 1. The van der Waals surface area contributed by atoms with Crippen LogP contribution in [0.25, 0.3) is 6.08 Å². The molecule has 0 aromatic heterocycles. The molecule has 0 atom stereocenters. The molecule has 6 heteroatoms. The molecule has 2 amide bonds. The number of carbonyl (C=O) groups is 2. The van der Waals surface area contributed by atoms with E-state index in [4.69, 9.17) is 11.6 Å². The number of anilines is 1. The molecule has 150 valence electrons. The van der Waals surface area contributed by atoms with Gasteiger partial charge in [0.25, 0.3) is 5.91 Å². The van der Waals surface area contributed by atoms with Crippen molar-refractivity contribution in [1.82, 2.24) is 10.2 Å². The van der Waals surface area contributed by atoms with Crippen LogP contribution in [0.2, 0.25) is 5.02 Å². The van der Waals surface area contributed by atoms with Gasteiger partial charge in [0, 0.05) is 43.9 Å². The fraction of sp³-hybridized carbons (Fsp3) is 0.304. The lowest BCUT2D eigenvalue weighted by Crippen LogP contribution is -2.48. The van der Waals surface area contributed by atoms with E-state index in [0.29, 0.717) is 24.7 Å². The number of hydrogen-bond donors (Lipinski definition) is 1. The molecule has 4 rings (SSSR count). The van der Waals surface area contributed by atoms with Crippen LogP contribution >= 0.6 is 11.6 Å². The summed E-state index contributed by atoms with van der Waals surface area (Å²) in [6, 6.07) is 15.5. The Kier molecular flexibility index (Phi) is 5.86. The fourth-order valence-corrected chi connectivity index (χ4v) is 3.65. The van der Waals surface area contributed by atoms with Gasteiger partial charge < -0.3 is 15.1 Å². The summed E-state index contributed by atoms with van der Waals surface area (Å²) in [4.78, 5) is 28.6. The quantitative estimate of drug-likeness (QED) is 0.768. The van der Waals surface area contributed by atoms with Gasteiger partial charge in [-0.15, -0.1) is 0 Å². The van der Waals surface area contributed by atoms with Gasteiger partial charge in [-0.3, -0.25) is 9.59 Å². The second kappa shape index (κ2) is 8.70. The van der Waals surface area contributed by atoms with Crippen LogP contribution in [0.4, 0.5) is 5.69 Å². The van der Waals surface area contributed by atoms with E-state index in [0.717, 1.165) is 42.2 Å². The van der Waals surface area contributed by atoms with Crippen molar-refractivity contribution in [2.24, 2.45) is 0 Å². The monoisotopic (exact) mass is 409 g/mol. The van der Waals surface area contributed by atoms with Crippen LogP contribution in [0.5, 0.6) is 0 Å². The highest BCUT2D eigenvalue weighted by molar-refractivity contribution is 6.33. The molecule has 1 N–H and O–H groups in total. The van der Waals surface area contributed by atoms with E-state index in [1.165, 1.54) is 0 Å². The van der Waals surface area contributed by atoms with Crippen molar-refractivity contribution in [2.45, 2.75) is 18.9 Å². The summed E-state index contributed by atoms with van der Waals surface area (Å²) < 4.78 is 0. The Balaban J connectivity index is 1.29. The largest absolute Gasteiger partial charge is 0.367 e. The van der Waals surface area contributed by atoms with E-state index in [-0.39, 0.29) is 11.8 Å². The van der Waals surface area contributed by atoms with Crippen molar-refractivity contribution in [1.29, 1.82) is 0 Å². The maximum absolute atomic E-state index is 12.5.